The van der Waals surface area contributed by atoms with Gasteiger partial charge in [0.1, 0.15) is 5.01 Å². The molecular formula is C13H13BrClNS. The van der Waals surface area contributed by atoms with Crippen LogP contribution < -0.4 is 0 Å². The maximum Gasteiger partial charge on any atom is 0.125 e. The minimum absolute atomic E-state index is 0.0800. The first-order valence-electron chi connectivity index (χ1n) is 5.29. The molecule has 2 aromatic rings. The molecule has 0 N–H and O–H groups in total. The first-order valence-corrected chi connectivity index (χ1v) is 7.34. The average Bonchev–Trinajstić information content (AvgIpc) is 2.65. The molecule has 0 aliphatic carbocycles. The summed E-state index contributed by atoms with van der Waals surface area (Å²) in [5.41, 5.74) is 2.18. The minimum Gasteiger partial charge on any atom is -0.241 e. The van der Waals surface area contributed by atoms with Crippen LogP contribution in [0.4, 0.5) is 0 Å². The van der Waals surface area contributed by atoms with Gasteiger partial charge in [0.05, 0.1) is 10.7 Å². The van der Waals surface area contributed by atoms with Crippen molar-refractivity contribution in [1.29, 1.82) is 0 Å². The highest BCUT2D eigenvalue weighted by Gasteiger charge is 2.18. The molecule has 1 aromatic carbocycles. The Balaban J connectivity index is 2.44. The maximum absolute atomic E-state index is 6.22. The smallest absolute Gasteiger partial charge is 0.125 e. The Bertz CT molecular complexity index is 543. The average molecular weight is 331 g/mol. The molecule has 0 amide bonds. The summed E-state index contributed by atoms with van der Waals surface area (Å²) in [5, 5.41) is 3.81. The van der Waals surface area contributed by atoms with E-state index in [1.165, 1.54) is 0 Å². The van der Waals surface area contributed by atoms with Crippen molar-refractivity contribution in [3.8, 4) is 10.6 Å². The number of aromatic nitrogens is 1. The molecule has 0 aliphatic heterocycles. The summed E-state index contributed by atoms with van der Waals surface area (Å²) >= 11 is 11.3. The van der Waals surface area contributed by atoms with Crippen LogP contribution in [0.3, 0.4) is 0 Å². The second-order valence-electron chi connectivity index (χ2n) is 4.91. The van der Waals surface area contributed by atoms with Crippen LogP contribution in [0.5, 0.6) is 0 Å². The Labute approximate surface area is 119 Å². The fourth-order valence-electron chi connectivity index (χ4n) is 1.40. The van der Waals surface area contributed by atoms with Crippen molar-refractivity contribution in [2.75, 3.05) is 0 Å². The molecule has 1 aromatic heterocycles. The van der Waals surface area contributed by atoms with E-state index in [4.69, 9.17) is 11.6 Å². The number of rotatable bonds is 1. The van der Waals surface area contributed by atoms with Crippen LogP contribution in [0.1, 0.15) is 26.5 Å². The lowest BCUT2D eigenvalue weighted by Gasteiger charge is -2.14. The Kier molecular flexibility index (Phi) is 3.62. The van der Waals surface area contributed by atoms with Crippen LogP contribution in [0.25, 0.3) is 10.6 Å². The lowest BCUT2D eigenvalue weighted by molar-refractivity contribution is 0.573. The summed E-state index contributed by atoms with van der Waals surface area (Å²) in [6.45, 7) is 6.49. The first kappa shape index (κ1) is 13.1. The van der Waals surface area contributed by atoms with Crippen LogP contribution in [-0.4, -0.2) is 4.98 Å². The summed E-state index contributed by atoms with van der Waals surface area (Å²) < 4.78 is 0.985. The molecule has 0 radical (unpaired) electrons. The predicted octanol–water partition coefficient (Wildman–Crippen LogP) is 5.52. The summed E-state index contributed by atoms with van der Waals surface area (Å²) in [4.78, 5) is 4.66. The Morgan fingerprint density at radius 1 is 1.29 bits per heavy atom. The van der Waals surface area contributed by atoms with E-state index in [0.29, 0.717) is 0 Å². The summed E-state index contributed by atoms with van der Waals surface area (Å²) in [5.74, 6) is 0. The molecule has 0 saturated heterocycles. The number of thiazole rings is 1. The molecule has 0 atom stereocenters. The zero-order valence-electron chi connectivity index (χ0n) is 9.92. The highest BCUT2D eigenvalue weighted by atomic mass is 79.9. The quantitative estimate of drug-likeness (QED) is 0.670. The topological polar surface area (TPSA) is 12.9 Å². The minimum atomic E-state index is 0.0800. The van der Waals surface area contributed by atoms with E-state index in [2.05, 4.69) is 47.1 Å². The molecular weight excluding hydrogens is 318 g/mol. The van der Waals surface area contributed by atoms with Crippen LogP contribution in [0.2, 0.25) is 5.02 Å². The third-order valence-electron chi connectivity index (χ3n) is 2.43. The molecule has 0 fully saturated rings. The van der Waals surface area contributed by atoms with Crippen molar-refractivity contribution in [3.05, 3.63) is 38.8 Å². The fraction of sp³-hybridized carbons (Fsp3) is 0.308. The van der Waals surface area contributed by atoms with E-state index in [-0.39, 0.29) is 5.41 Å². The molecule has 2 rings (SSSR count). The van der Waals surface area contributed by atoms with Crippen LogP contribution >= 0.6 is 38.9 Å². The highest BCUT2D eigenvalue weighted by Crippen LogP contribution is 2.34. The van der Waals surface area contributed by atoms with Gasteiger partial charge in [-0.25, -0.2) is 4.98 Å². The monoisotopic (exact) mass is 329 g/mol. The van der Waals surface area contributed by atoms with E-state index in [1.54, 1.807) is 11.3 Å². The summed E-state index contributed by atoms with van der Waals surface area (Å²) in [7, 11) is 0. The van der Waals surface area contributed by atoms with Gasteiger partial charge in [0.15, 0.2) is 0 Å². The highest BCUT2D eigenvalue weighted by molar-refractivity contribution is 9.10. The Morgan fingerprint density at radius 3 is 2.53 bits per heavy atom. The van der Waals surface area contributed by atoms with E-state index >= 15 is 0 Å². The van der Waals surface area contributed by atoms with Crippen molar-refractivity contribution in [2.24, 2.45) is 0 Å². The van der Waals surface area contributed by atoms with E-state index in [1.807, 2.05) is 18.2 Å². The van der Waals surface area contributed by atoms with Gasteiger partial charge in [-0.3, -0.25) is 0 Å². The zero-order valence-corrected chi connectivity index (χ0v) is 13.1. The second-order valence-corrected chi connectivity index (χ2v) is 7.09. The van der Waals surface area contributed by atoms with Gasteiger partial charge in [0.25, 0.3) is 0 Å². The predicted molar refractivity (Wildman–Crippen MR) is 79.0 cm³/mol. The van der Waals surface area contributed by atoms with Crippen molar-refractivity contribution in [1.82, 2.24) is 4.98 Å². The van der Waals surface area contributed by atoms with Crippen molar-refractivity contribution in [3.63, 3.8) is 0 Å². The second kappa shape index (κ2) is 4.71. The van der Waals surface area contributed by atoms with Crippen LogP contribution in [-0.2, 0) is 5.41 Å². The molecule has 4 heteroatoms. The molecule has 0 saturated carbocycles. The van der Waals surface area contributed by atoms with Gasteiger partial charge < -0.3 is 0 Å². The molecule has 0 spiro atoms. The van der Waals surface area contributed by atoms with Gasteiger partial charge in [-0.15, -0.1) is 11.3 Å². The van der Waals surface area contributed by atoms with E-state index in [9.17, 15) is 0 Å². The molecule has 1 heterocycles. The lowest BCUT2D eigenvalue weighted by Crippen LogP contribution is -2.11. The Morgan fingerprint density at radius 2 is 2.00 bits per heavy atom. The number of hydrogen-bond acceptors (Lipinski definition) is 2. The van der Waals surface area contributed by atoms with E-state index < -0.39 is 0 Å². The SMILES string of the molecule is CC(C)(C)c1csc(-c2ccc(Br)cc2Cl)n1. The van der Waals surface area contributed by atoms with Crippen molar-refractivity contribution >= 4 is 38.9 Å². The maximum atomic E-state index is 6.22. The number of halogens is 2. The number of hydrogen-bond donors (Lipinski definition) is 0. The third kappa shape index (κ3) is 2.90. The molecule has 1 nitrogen and oxygen atoms in total. The molecule has 90 valence electrons. The third-order valence-corrected chi connectivity index (χ3v) is 4.12. The molecule has 0 bridgehead atoms. The molecule has 0 unspecified atom stereocenters. The standard InChI is InChI=1S/C13H13BrClNS/c1-13(2,3)11-7-17-12(16-11)9-5-4-8(14)6-10(9)15/h4-7H,1-3H3. The van der Waals surface area contributed by atoms with Gasteiger partial charge in [-0.05, 0) is 18.2 Å². The van der Waals surface area contributed by atoms with Gasteiger partial charge in [-0.1, -0.05) is 48.3 Å². The van der Waals surface area contributed by atoms with Gasteiger partial charge in [0.2, 0.25) is 0 Å². The van der Waals surface area contributed by atoms with Gasteiger partial charge >= 0.3 is 0 Å². The van der Waals surface area contributed by atoms with Crippen LogP contribution in [0, 0.1) is 0 Å². The van der Waals surface area contributed by atoms with Gasteiger partial charge in [0, 0.05) is 20.8 Å². The largest absolute Gasteiger partial charge is 0.241 e. The number of nitrogens with zero attached hydrogens (tertiary/aromatic N) is 1. The van der Waals surface area contributed by atoms with Gasteiger partial charge in [-0.2, -0.15) is 0 Å². The van der Waals surface area contributed by atoms with Crippen LogP contribution in [0.15, 0.2) is 28.1 Å². The van der Waals surface area contributed by atoms with Crippen molar-refractivity contribution < 1.29 is 0 Å². The summed E-state index contributed by atoms with van der Waals surface area (Å²) in [6, 6.07) is 5.88. The summed E-state index contributed by atoms with van der Waals surface area (Å²) in [6.07, 6.45) is 0. The van der Waals surface area contributed by atoms with E-state index in [0.717, 1.165) is 25.8 Å². The lowest BCUT2D eigenvalue weighted by atomic mass is 9.93. The Hall–Kier alpha value is -0.380. The first-order chi connectivity index (χ1) is 7.88. The number of benzene rings is 1. The fourth-order valence-corrected chi connectivity index (χ4v) is 3.31. The normalized spacial score (nSPS) is 11.8. The zero-order chi connectivity index (χ0) is 12.6. The van der Waals surface area contributed by atoms with Crippen molar-refractivity contribution in [2.45, 2.75) is 26.2 Å². The molecule has 17 heavy (non-hydrogen) atoms. The molecule has 0 aliphatic rings.